The van der Waals surface area contributed by atoms with Crippen molar-refractivity contribution >= 4 is 29.1 Å². The van der Waals surface area contributed by atoms with Crippen LogP contribution in [0.25, 0.3) is 5.76 Å². The lowest BCUT2D eigenvalue weighted by Crippen LogP contribution is -2.42. The Bertz CT molecular complexity index is 1060. The maximum atomic E-state index is 13.2. The fourth-order valence-electron chi connectivity index (χ4n) is 4.29. The molecule has 1 amide bonds. The zero-order valence-corrected chi connectivity index (χ0v) is 20.0. The lowest BCUT2D eigenvalue weighted by molar-refractivity contribution is -0.140. The Morgan fingerprint density at radius 2 is 1.85 bits per heavy atom. The van der Waals surface area contributed by atoms with E-state index in [1.165, 1.54) is 0 Å². The third-order valence-electron chi connectivity index (χ3n) is 6.07. The van der Waals surface area contributed by atoms with Gasteiger partial charge in [0.15, 0.2) is 0 Å². The highest BCUT2D eigenvalue weighted by atomic mass is 35.5. The topological polar surface area (TPSA) is 79.3 Å². The maximum Gasteiger partial charge on any atom is 0.295 e. The van der Waals surface area contributed by atoms with Crippen LogP contribution in [0.5, 0.6) is 5.75 Å². The number of morpholine rings is 1. The van der Waals surface area contributed by atoms with E-state index in [2.05, 4.69) is 4.90 Å². The third kappa shape index (κ3) is 5.27. The summed E-state index contributed by atoms with van der Waals surface area (Å²) in [5, 5.41) is 11.7. The number of ketones is 1. The van der Waals surface area contributed by atoms with Crippen LogP contribution in [-0.4, -0.2) is 72.6 Å². The van der Waals surface area contributed by atoms with Crippen LogP contribution in [0.2, 0.25) is 5.02 Å². The minimum atomic E-state index is -0.720. The average molecular weight is 485 g/mol. The molecule has 4 rings (SSSR count). The largest absolute Gasteiger partial charge is 0.507 e. The second-order valence-electron chi connectivity index (χ2n) is 8.37. The molecule has 0 saturated carbocycles. The van der Waals surface area contributed by atoms with Gasteiger partial charge in [0.1, 0.15) is 11.5 Å². The molecule has 2 heterocycles. The molecular formula is C26H29ClN2O5. The van der Waals surface area contributed by atoms with E-state index in [4.69, 9.17) is 21.1 Å². The van der Waals surface area contributed by atoms with Gasteiger partial charge >= 0.3 is 0 Å². The molecule has 1 atom stereocenters. The monoisotopic (exact) mass is 484 g/mol. The number of ether oxygens (including phenoxy) is 2. The van der Waals surface area contributed by atoms with Crippen molar-refractivity contribution in [3.8, 4) is 5.75 Å². The summed E-state index contributed by atoms with van der Waals surface area (Å²) in [5.41, 5.74) is 1.21. The predicted octanol–water partition coefficient (Wildman–Crippen LogP) is 3.88. The Balaban J connectivity index is 1.73. The molecule has 7 nitrogen and oxygen atoms in total. The fourth-order valence-corrected chi connectivity index (χ4v) is 4.41. The SMILES string of the molecule is CCCOc1cccc([C@@H]2C(=C(O)c3ccc(Cl)cc3)C(=O)C(=O)N2CCN2CCOCC2)c1. The van der Waals surface area contributed by atoms with Crippen LogP contribution in [0.4, 0.5) is 0 Å². The normalized spacial score (nSPS) is 20.6. The summed E-state index contributed by atoms with van der Waals surface area (Å²) >= 11 is 6.00. The molecule has 2 aromatic carbocycles. The van der Waals surface area contributed by atoms with Crippen molar-refractivity contribution in [3.63, 3.8) is 0 Å². The number of amides is 1. The molecule has 0 spiro atoms. The maximum absolute atomic E-state index is 13.2. The second kappa shape index (κ2) is 11.0. The zero-order chi connectivity index (χ0) is 24.1. The first-order valence-electron chi connectivity index (χ1n) is 11.6. The van der Waals surface area contributed by atoms with Crippen LogP contribution in [0.15, 0.2) is 54.1 Å². The van der Waals surface area contributed by atoms with E-state index in [1.54, 1.807) is 29.2 Å². The van der Waals surface area contributed by atoms with Gasteiger partial charge in [0.25, 0.3) is 11.7 Å². The molecule has 0 aromatic heterocycles. The lowest BCUT2D eigenvalue weighted by atomic mass is 9.95. The molecule has 0 radical (unpaired) electrons. The van der Waals surface area contributed by atoms with Gasteiger partial charge in [-0.2, -0.15) is 0 Å². The number of hydrogen-bond donors (Lipinski definition) is 1. The van der Waals surface area contributed by atoms with Gasteiger partial charge in [-0.3, -0.25) is 14.5 Å². The number of likely N-dealkylation sites (tertiary alicyclic amines) is 1. The van der Waals surface area contributed by atoms with E-state index in [0.717, 1.165) is 19.5 Å². The minimum absolute atomic E-state index is 0.0712. The van der Waals surface area contributed by atoms with Crippen LogP contribution in [0, 0.1) is 0 Å². The second-order valence-corrected chi connectivity index (χ2v) is 8.81. The van der Waals surface area contributed by atoms with Gasteiger partial charge in [-0.25, -0.2) is 0 Å². The summed E-state index contributed by atoms with van der Waals surface area (Å²) in [6.07, 6.45) is 0.860. The van der Waals surface area contributed by atoms with Crippen LogP contribution >= 0.6 is 11.6 Å². The first kappa shape index (κ1) is 24.3. The Morgan fingerprint density at radius 1 is 1.12 bits per heavy atom. The highest BCUT2D eigenvalue weighted by molar-refractivity contribution is 6.46. The van der Waals surface area contributed by atoms with Crippen molar-refractivity contribution in [2.24, 2.45) is 0 Å². The molecule has 0 aliphatic carbocycles. The van der Waals surface area contributed by atoms with Gasteiger partial charge in [0.2, 0.25) is 0 Å². The number of aliphatic hydroxyl groups is 1. The number of halogens is 1. The van der Waals surface area contributed by atoms with Crippen molar-refractivity contribution in [2.75, 3.05) is 46.0 Å². The molecule has 2 aliphatic rings. The molecule has 0 unspecified atom stereocenters. The smallest absolute Gasteiger partial charge is 0.295 e. The standard InChI is InChI=1S/C26H29ClN2O5/c1-2-14-34-21-5-3-4-19(17-21)23-22(24(30)18-6-8-20(27)9-7-18)25(31)26(32)29(23)11-10-28-12-15-33-16-13-28/h3-9,17,23,30H,2,10-16H2,1H3/t23-/m1/s1. The molecule has 2 saturated heterocycles. The van der Waals surface area contributed by atoms with Gasteiger partial charge in [0, 0.05) is 36.8 Å². The van der Waals surface area contributed by atoms with Crippen LogP contribution in [0.3, 0.4) is 0 Å². The molecule has 2 aromatic rings. The Hall–Kier alpha value is -2.87. The third-order valence-corrected chi connectivity index (χ3v) is 6.32. The number of aliphatic hydroxyl groups excluding tert-OH is 1. The molecule has 2 aliphatic heterocycles. The fraction of sp³-hybridized carbons (Fsp3) is 0.385. The molecule has 8 heteroatoms. The lowest BCUT2D eigenvalue weighted by Gasteiger charge is -2.31. The first-order valence-corrected chi connectivity index (χ1v) is 11.9. The summed E-state index contributed by atoms with van der Waals surface area (Å²) in [7, 11) is 0. The Labute approximate surface area is 204 Å². The summed E-state index contributed by atoms with van der Waals surface area (Å²) in [6, 6.07) is 13.2. The van der Waals surface area contributed by atoms with Crippen molar-refractivity contribution in [1.82, 2.24) is 9.80 Å². The van der Waals surface area contributed by atoms with E-state index in [0.29, 0.717) is 54.8 Å². The molecule has 34 heavy (non-hydrogen) atoms. The van der Waals surface area contributed by atoms with E-state index in [1.807, 2.05) is 31.2 Å². The highest BCUT2D eigenvalue weighted by Crippen LogP contribution is 2.40. The number of carbonyl (C=O) groups is 2. The molecular weight excluding hydrogens is 456 g/mol. The Morgan fingerprint density at radius 3 is 2.56 bits per heavy atom. The first-order chi connectivity index (χ1) is 16.5. The van der Waals surface area contributed by atoms with Crippen molar-refractivity contribution in [3.05, 3.63) is 70.3 Å². The van der Waals surface area contributed by atoms with E-state index in [9.17, 15) is 14.7 Å². The molecule has 1 N–H and O–H groups in total. The van der Waals surface area contributed by atoms with Crippen molar-refractivity contribution < 1.29 is 24.2 Å². The number of carbonyl (C=O) groups excluding carboxylic acids is 2. The Kier molecular flexibility index (Phi) is 7.88. The van der Waals surface area contributed by atoms with Gasteiger partial charge in [-0.15, -0.1) is 0 Å². The summed E-state index contributed by atoms with van der Waals surface area (Å²) < 4.78 is 11.2. The van der Waals surface area contributed by atoms with Crippen molar-refractivity contribution in [1.29, 1.82) is 0 Å². The molecule has 2 fully saturated rings. The molecule has 0 bridgehead atoms. The van der Waals surface area contributed by atoms with Crippen molar-refractivity contribution in [2.45, 2.75) is 19.4 Å². The van der Waals surface area contributed by atoms with Crippen LogP contribution in [0.1, 0.15) is 30.5 Å². The number of nitrogens with zero attached hydrogens (tertiary/aromatic N) is 2. The van der Waals surface area contributed by atoms with Gasteiger partial charge in [0.05, 0.1) is 31.4 Å². The highest BCUT2D eigenvalue weighted by Gasteiger charge is 2.46. The quantitative estimate of drug-likeness (QED) is 0.348. The van der Waals surface area contributed by atoms with Crippen LogP contribution < -0.4 is 4.74 Å². The van der Waals surface area contributed by atoms with Crippen LogP contribution in [-0.2, 0) is 14.3 Å². The zero-order valence-electron chi connectivity index (χ0n) is 19.2. The summed E-state index contributed by atoms with van der Waals surface area (Å²) in [5.74, 6) is -0.869. The summed E-state index contributed by atoms with van der Waals surface area (Å²) in [6.45, 7) is 6.40. The average Bonchev–Trinajstić information content (AvgIpc) is 3.12. The van der Waals surface area contributed by atoms with E-state index in [-0.39, 0.29) is 11.3 Å². The number of rotatable bonds is 8. The van der Waals surface area contributed by atoms with Gasteiger partial charge in [-0.1, -0.05) is 30.7 Å². The molecule has 180 valence electrons. The minimum Gasteiger partial charge on any atom is -0.507 e. The number of Topliss-reactive ketones (excluding diaryl/α,β-unsaturated/α-hetero) is 1. The predicted molar refractivity (Wildman–Crippen MR) is 130 cm³/mol. The van der Waals surface area contributed by atoms with Gasteiger partial charge in [-0.05, 0) is 48.4 Å². The van der Waals surface area contributed by atoms with Gasteiger partial charge < -0.3 is 19.5 Å². The summed E-state index contributed by atoms with van der Waals surface area (Å²) in [4.78, 5) is 30.1. The number of hydrogen-bond acceptors (Lipinski definition) is 6. The van der Waals surface area contributed by atoms with E-state index >= 15 is 0 Å². The van der Waals surface area contributed by atoms with E-state index < -0.39 is 17.7 Å². The number of benzene rings is 2.